The Kier molecular flexibility index (Phi) is 3.37. The first-order chi connectivity index (χ1) is 10.8. The van der Waals surface area contributed by atoms with E-state index in [1.807, 2.05) is 12.1 Å². The summed E-state index contributed by atoms with van der Waals surface area (Å²) in [5.41, 5.74) is 3.20. The van der Waals surface area contributed by atoms with Crippen LogP contribution in [0, 0.1) is 5.92 Å². The SMILES string of the molecule is CC[C@H]1CCc2c(sc3c2C(=O)N[C@H](c2ccncc2)N3)C1. The molecule has 1 aliphatic heterocycles. The molecule has 2 N–H and O–H groups in total. The summed E-state index contributed by atoms with van der Waals surface area (Å²) >= 11 is 1.77. The number of pyridine rings is 1. The zero-order valence-corrected chi connectivity index (χ0v) is 13.4. The van der Waals surface area contributed by atoms with E-state index in [2.05, 4.69) is 22.5 Å². The maximum Gasteiger partial charge on any atom is 0.256 e. The summed E-state index contributed by atoms with van der Waals surface area (Å²) in [6, 6.07) is 3.87. The van der Waals surface area contributed by atoms with Crippen LogP contribution in [0.3, 0.4) is 0 Å². The number of thiophene rings is 1. The largest absolute Gasteiger partial charge is 0.353 e. The van der Waals surface area contributed by atoms with Gasteiger partial charge in [-0.2, -0.15) is 0 Å². The molecule has 4 nitrogen and oxygen atoms in total. The van der Waals surface area contributed by atoms with Gasteiger partial charge in [-0.1, -0.05) is 13.3 Å². The maximum atomic E-state index is 12.6. The molecule has 2 aromatic heterocycles. The molecular weight excluding hydrogens is 294 g/mol. The predicted molar refractivity (Wildman–Crippen MR) is 88.2 cm³/mol. The zero-order valence-electron chi connectivity index (χ0n) is 12.6. The molecule has 2 aliphatic rings. The van der Waals surface area contributed by atoms with Crippen LogP contribution < -0.4 is 10.6 Å². The van der Waals surface area contributed by atoms with E-state index in [1.54, 1.807) is 23.7 Å². The molecule has 0 aromatic carbocycles. The van der Waals surface area contributed by atoms with Gasteiger partial charge in [-0.25, -0.2) is 0 Å². The van der Waals surface area contributed by atoms with Crippen molar-refractivity contribution in [2.75, 3.05) is 5.32 Å². The molecular formula is C17H19N3OS. The van der Waals surface area contributed by atoms with Crippen LogP contribution in [-0.2, 0) is 12.8 Å². The van der Waals surface area contributed by atoms with Gasteiger partial charge in [-0.3, -0.25) is 9.78 Å². The number of nitrogens with zero attached hydrogens (tertiary/aromatic N) is 1. The summed E-state index contributed by atoms with van der Waals surface area (Å²) in [5.74, 6) is 0.828. The van der Waals surface area contributed by atoms with E-state index in [0.29, 0.717) is 0 Å². The Morgan fingerprint density at radius 2 is 2.14 bits per heavy atom. The monoisotopic (exact) mass is 313 g/mol. The number of aromatic nitrogens is 1. The number of hydrogen-bond acceptors (Lipinski definition) is 4. The van der Waals surface area contributed by atoms with E-state index < -0.39 is 0 Å². The average Bonchev–Trinajstić information content (AvgIpc) is 2.93. The highest BCUT2D eigenvalue weighted by Crippen LogP contribution is 2.43. The minimum absolute atomic E-state index is 0.0583. The lowest BCUT2D eigenvalue weighted by Crippen LogP contribution is -2.38. The minimum Gasteiger partial charge on any atom is -0.353 e. The second kappa shape index (κ2) is 5.39. The summed E-state index contributed by atoms with van der Waals surface area (Å²) in [5, 5.41) is 7.61. The number of amides is 1. The molecule has 0 spiro atoms. The summed E-state index contributed by atoms with van der Waals surface area (Å²) in [4.78, 5) is 18.0. The molecule has 0 fully saturated rings. The Morgan fingerprint density at radius 3 is 2.91 bits per heavy atom. The van der Waals surface area contributed by atoms with Crippen LogP contribution in [0.15, 0.2) is 24.5 Å². The summed E-state index contributed by atoms with van der Waals surface area (Å²) in [6.07, 6.45) is 7.93. The van der Waals surface area contributed by atoms with Crippen molar-refractivity contribution in [1.82, 2.24) is 10.3 Å². The van der Waals surface area contributed by atoms with Gasteiger partial charge in [-0.15, -0.1) is 11.3 Å². The molecule has 2 aromatic rings. The predicted octanol–water partition coefficient (Wildman–Crippen LogP) is 3.51. The van der Waals surface area contributed by atoms with Gasteiger partial charge < -0.3 is 10.6 Å². The van der Waals surface area contributed by atoms with Crippen molar-refractivity contribution < 1.29 is 4.79 Å². The van der Waals surface area contributed by atoms with Gasteiger partial charge in [0.25, 0.3) is 5.91 Å². The fraction of sp³-hybridized carbons (Fsp3) is 0.412. The molecule has 0 bridgehead atoms. The zero-order chi connectivity index (χ0) is 15.1. The number of hydrogen-bond donors (Lipinski definition) is 2. The molecule has 0 unspecified atom stereocenters. The van der Waals surface area contributed by atoms with E-state index in [9.17, 15) is 4.79 Å². The molecule has 5 heteroatoms. The van der Waals surface area contributed by atoms with Gasteiger partial charge >= 0.3 is 0 Å². The summed E-state index contributed by atoms with van der Waals surface area (Å²) in [6.45, 7) is 2.26. The van der Waals surface area contributed by atoms with Crippen molar-refractivity contribution in [3.63, 3.8) is 0 Å². The van der Waals surface area contributed by atoms with Gasteiger partial charge in [0.15, 0.2) is 0 Å². The fourth-order valence-electron chi connectivity index (χ4n) is 3.44. The van der Waals surface area contributed by atoms with Crippen molar-refractivity contribution in [3.05, 3.63) is 46.1 Å². The van der Waals surface area contributed by atoms with Crippen LogP contribution in [0.25, 0.3) is 0 Å². The summed E-state index contributed by atoms with van der Waals surface area (Å²) < 4.78 is 0. The highest BCUT2D eigenvalue weighted by atomic mass is 32.1. The van der Waals surface area contributed by atoms with Crippen LogP contribution in [0.4, 0.5) is 5.00 Å². The molecule has 114 valence electrons. The van der Waals surface area contributed by atoms with E-state index in [1.165, 1.54) is 23.3 Å². The number of carbonyl (C=O) groups is 1. The maximum absolute atomic E-state index is 12.6. The minimum atomic E-state index is -0.162. The lowest BCUT2D eigenvalue weighted by atomic mass is 9.85. The van der Waals surface area contributed by atoms with E-state index >= 15 is 0 Å². The standard InChI is InChI=1S/C17H19N3OS/c1-2-10-3-4-12-13(9-10)22-17-14(12)16(21)19-15(20-17)11-5-7-18-8-6-11/h5-8,10,15,20H,2-4,9H2,1H3,(H,19,21)/t10-,15-/m0/s1. The van der Waals surface area contributed by atoms with E-state index in [4.69, 9.17) is 0 Å². The number of nitrogens with one attached hydrogen (secondary N) is 2. The lowest BCUT2D eigenvalue weighted by molar-refractivity contribution is 0.0935. The highest BCUT2D eigenvalue weighted by Gasteiger charge is 2.33. The third kappa shape index (κ3) is 2.20. The van der Waals surface area contributed by atoms with Gasteiger partial charge in [0.05, 0.1) is 5.56 Å². The third-order valence-electron chi connectivity index (χ3n) is 4.76. The van der Waals surface area contributed by atoms with Gasteiger partial charge in [0.1, 0.15) is 11.2 Å². The number of carbonyl (C=O) groups excluding carboxylic acids is 1. The fourth-order valence-corrected chi connectivity index (χ4v) is 4.83. The van der Waals surface area contributed by atoms with Crippen molar-refractivity contribution in [2.45, 2.75) is 38.8 Å². The molecule has 22 heavy (non-hydrogen) atoms. The second-order valence-corrected chi connectivity index (χ2v) is 7.16. The molecule has 1 aliphatic carbocycles. The van der Waals surface area contributed by atoms with E-state index in [0.717, 1.165) is 34.9 Å². The van der Waals surface area contributed by atoms with Gasteiger partial charge in [-0.05, 0) is 48.4 Å². The van der Waals surface area contributed by atoms with Crippen molar-refractivity contribution in [1.29, 1.82) is 0 Å². The number of anilines is 1. The first kappa shape index (κ1) is 13.8. The van der Waals surface area contributed by atoms with Crippen molar-refractivity contribution in [3.8, 4) is 0 Å². The van der Waals surface area contributed by atoms with Crippen molar-refractivity contribution in [2.24, 2.45) is 5.92 Å². The Hall–Kier alpha value is -1.88. The third-order valence-corrected chi connectivity index (χ3v) is 5.95. The lowest BCUT2D eigenvalue weighted by Gasteiger charge is -2.27. The molecule has 0 radical (unpaired) electrons. The molecule has 3 heterocycles. The van der Waals surface area contributed by atoms with Gasteiger partial charge in [0, 0.05) is 17.3 Å². The number of rotatable bonds is 2. The first-order valence-electron chi connectivity index (χ1n) is 7.88. The molecule has 0 saturated carbocycles. The Labute approximate surface area is 134 Å². The Bertz CT molecular complexity index is 710. The normalized spacial score (nSPS) is 23.2. The molecule has 2 atom stereocenters. The van der Waals surface area contributed by atoms with Gasteiger partial charge in [0.2, 0.25) is 0 Å². The second-order valence-electron chi connectivity index (χ2n) is 6.06. The van der Waals surface area contributed by atoms with Crippen LogP contribution in [-0.4, -0.2) is 10.9 Å². The first-order valence-corrected chi connectivity index (χ1v) is 8.69. The molecule has 0 saturated heterocycles. The smallest absolute Gasteiger partial charge is 0.256 e. The molecule has 1 amide bonds. The highest BCUT2D eigenvalue weighted by molar-refractivity contribution is 7.16. The Morgan fingerprint density at radius 1 is 1.32 bits per heavy atom. The summed E-state index contributed by atoms with van der Waals surface area (Å²) in [7, 11) is 0. The van der Waals surface area contributed by atoms with Crippen LogP contribution >= 0.6 is 11.3 Å². The average molecular weight is 313 g/mol. The van der Waals surface area contributed by atoms with Crippen LogP contribution in [0.2, 0.25) is 0 Å². The Balaban J connectivity index is 1.68. The molecule has 4 rings (SSSR count). The van der Waals surface area contributed by atoms with Crippen LogP contribution in [0.5, 0.6) is 0 Å². The quantitative estimate of drug-likeness (QED) is 0.892. The number of fused-ring (bicyclic) bond motifs is 3. The van der Waals surface area contributed by atoms with E-state index in [-0.39, 0.29) is 12.1 Å². The van der Waals surface area contributed by atoms with Crippen molar-refractivity contribution >= 4 is 22.2 Å². The van der Waals surface area contributed by atoms with Crippen LogP contribution in [0.1, 0.15) is 52.3 Å². The topological polar surface area (TPSA) is 54.0 Å².